The van der Waals surface area contributed by atoms with Crippen molar-refractivity contribution in [1.29, 1.82) is 0 Å². The van der Waals surface area contributed by atoms with Crippen molar-refractivity contribution < 1.29 is 43.0 Å². The molecule has 710 valence electrons. The van der Waals surface area contributed by atoms with Gasteiger partial charge in [0, 0.05) is 21.3 Å². The molecular formula is C128H102O9P6S2. The predicted octanol–water partition coefficient (Wildman–Crippen LogP) is 24.0. The average Bonchev–Trinajstić information content (AvgIpc) is 0.778. The maximum Gasteiger partial charge on any atom is 0.336 e. The summed E-state index contributed by atoms with van der Waals surface area (Å²) in [7, 11) is -8.93. The van der Waals surface area contributed by atoms with Gasteiger partial charge >= 0.3 is 11.9 Å². The minimum Gasteiger partial charge on any atom is -0.507 e. The van der Waals surface area contributed by atoms with E-state index in [2.05, 4.69) is 298 Å². The lowest BCUT2D eigenvalue weighted by atomic mass is 10.00. The summed E-state index contributed by atoms with van der Waals surface area (Å²) in [5.41, 5.74) is 5.70. The second-order valence-electron chi connectivity index (χ2n) is 32.7. The number of rotatable bonds is 24. The van der Waals surface area contributed by atoms with E-state index in [-0.39, 0.29) is 4.90 Å². The van der Waals surface area contributed by atoms with E-state index < -0.39 is 69.6 Å². The SMILES string of the molecule is O=C(O)c1ccccc1-c1ccccc1P(c1ccccc1)c1ccccc1.O=C(O)c1ccccc1P(c1ccccc1)c1ccccc1.O=S(=O)(O)c1ccccc1-c1ccccc1P(c1ccccc1)c1ccccc1.Oc1ccccc1-c1ccccc1P(c1ccccc1)c1ccccc1.Oc1ccccc1P(c1ccccc1)c1ccccc1.Sc1ccccc1P(c1ccccc1)c1ccccc1. The zero-order valence-electron chi connectivity index (χ0n) is 78.8. The summed E-state index contributed by atoms with van der Waals surface area (Å²) in [6.45, 7) is 0. The van der Waals surface area contributed by atoms with Gasteiger partial charge in [0.1, 0.15) is 16.4 Å². The molecule has 0 atom stereocenters. The highest BCUT2D eigenvalue weighted by atomic mass is 32.2. The Labute approximate surface area is 862 Å². The van der Waals surface area contributed by atoms with Crippen molar-refractivity contribution in [2.75, 3.05) is 0 Å². The summed E-state index contributed by atoms with van der Waals surface area (Å²) in [6, 6.07) is 194. The molecule has 9 nitrogen and oxygen atoms in total. The van der Waals surface area contributed by atoms with Gasteiger partial charge in [0.25, 0.3) is 10.1 Å². The van der Waals surface area contributed by atoms with Gasteiger partial charge in [-0.25, -0.2) is 9.59 Å². The van der Waals surface area contributed by atoms with Crippen molar-refractivity contribution in [3.05, 3.63) is 593 Å². The first-order valence-electron chi connectivity index (χ1n) is 46.9. The lowest BCUT2D eigenvalue weighted by Gasteiger charge is -2.23. The molecule has 0 saturated heterocycles. The highest BCUT2D eigenvalue weighted by Gasteiger charge is 2.29. The number of thiol groups is 1. The standard InChI is InChI=1S/C25H19O2P.C24H19O3PS.C24H19OP.C19H15O2P.C18H15OP.C18H15PS/c26-25(27)23-17-8-7-15-21(23)22-16-9-10-18-24(22)28(19-11-3-1-4-12-19)20-13-5-2-6-14-20;25-29(26,27)24-18-10-8-16-22(24)21-15-7-9-17-23(21)28(19-11-3-1-4-12-19)20-13-5-2-6-14-20;25-23-17-9-7-15-21(23)22-16-8-10-18-24(22)26(19-11-3-1-4-12-19)20-13-5-2-6-14-20;20-19(21)17-13-7-8-14-18(17)22(15-9-3-1-4-10-15)16-11-5-2-6-12-16;19-17-13-7-8-14-18(17)20(15-9-3-1-4-10-15)16-11-5-2-6-12-16;20-18-14-8-7-13-17(18)19(15-9-3-1-4-10-15)16-11-5-2-6-12-16/h1-18H,(H,26,27);1-18H,(H,25,26,27);1-18,25H;1-14H,(H,20,21);1-14,19H;1-14,20H. The maximum atomic E-state index is 12.0. The van der Waals surface area contributed by atoms with E-state index in [0.717, 1.165) is 64.5 Å². The van der Waals surface area contributed by atoms with Crippen LogP contribution in [0.3, 0.4) is 0 Å². The number of aromatic carboxylic acids is 2. The monoisotopic (exact) mass is 2030 g/mol. The molecular weight excluding hydrogens is 1930 g/mol. The van der Waals surface area contributed by atoms with Crippen molar-refractivity contribution in [3.8, 4) is 44.9 Å². The van der Waals surface area contributed by atoms with Gasteiger partial charge in [-0.15, -0.1) is 12.6 Å². The first-order valence-corrected chi connectivity index (χ1v) is 56.8. The molecule has 0 spiro atoms. The Bertz CT molecular complexity index is 7470. The summed E-state index contributed by atoms with van der Waals surface area (Å²) in [5, 5.41) is 61.4. The molecule has 0 aliphatic rings. The summed E-state index contributed by atoms with van der Waals surface area (Å²) >= 11 is 4.65. The molecule has 0 bridgehead atoms. The molecule has 0 unspecified atom stereocenters. The fraction of sp³-hybridized carbons (Fsp3) is 0. The van der Waals surface area contributed by atoms with Crippen LogP contribution >= 0.6 is 60.2 Å². The summed E-state index contributed by atoms with van der Waals surface area (Å²) < 4.78 is 33.8. The minimum atomic E-state index is -4.35. The Balaban J connectivity index is 0.000000125. The van der Waals surface area contributed by atoms with Gasteiger partial charge in [0.2, 0.25) is 0 Å². The first kappa shape index (κ1) is 103. The number of benzene rings is 21. The van der Waals surface area contributed by atoms with Crippen molar-refractivity contribution >= 4 is 178 Å². The van der Waals surface area contributed by atoms with Crippen LogP contribution < -0.4 is 95.5 Å². The molecule has 0 fully saturated rings. The number of hydrogen-bond donors (Lipinski definition) is 6. The Morgan fingerprint density at radius 3 is 0.648 bits per heavy atom. The van der Waals surface area contributed by atoms with Gasteiger partial charge in [-0.3, -0.25) is 4.55 Å². The van der Waals surface area contributed by atoms with Crippen LogP contribution in [0.1, 0.15) is 20.7 Å². The van der Waals surface area contributed by atoms with Gasteiger partial charge in [0.15, 0.2) is 0 Å². The van der Waals surface area contributed by atoms with Gasteiger partial charge < -0.3 is 20.4 Å². The molecule has 145 heavy (non-hydrogen) atoms. The van der Waals surface area contributed by atoms with Gasteiger partial charge in [-0.2, -0.15) is 8.42 Å². The van der Waals surface area contributed by atoms with Gasteiger partial charge in [0.05, 0.1) is 11.1 Å². The topological polar surface area (TPSA) is 169 Å². The van der Waals surface area contributed by atoms with Gasteiger partial charge in [-0.1, -0.05) is 546 Å². The molecule has 21 aromatic rings. The second kappa shape index (κ2) is 52.3. The molecule has 21 rings (SSSR count). The van der Waals surface area contributed by atoms with Crippen LogP contribution in [0.4, 0.5) is 0 Å². The van der Waals surface area contributed by atoms with E-state index in [1.54, 1.807) is 54.6 Å². The Morgan fingerprint density at radius 1 is 0.179 bits per heavy atom. The third-order valence-corrected chi connectivity index (χ3v) is 39.8. The highest BCUT2D eigenvalue weighted by Crippen LogP contribution is 2.44. The Hall–Kier alpha value is -15.0. The van der Waals surface area contributed by atoms with E-state index >= 15 is 0 Å². The third kappa shape index (κ3) is 26.9. The number of phenolic OH excluding ortho intramolecular Hbond substituents is 2. The van der Waals surface area contributed by atoms with Crippen LogP contribution in [-0.4, -0.2) is 45.3 Å². The normalized spacial score (nSPS) is 10.9. The molecule has 0 radical (unpaired) electrons. The third-order valence-electron chi connectivity index (χ3n) is 23.3. The van der Waals surface area contributed by atoms with Crippen LogP contribution in [0.25, 0.3) is 33.4 Å². The number of phenols is 2. The van der Waals surface area contributed by atoms with Crippen LogP contribution in [-0.2, 0) is 10.1 Å². The maximum absolute atomic E-state index is 12.0. The highest BCUT2D eigenvalue weighted by molar-refractivity contribution is 7.86. The number of hydrogen-bond acceptors (Lipinski definition) is 7. The van der Waals surface area contributed by atoms with E-state index in [9.17, 15) is 43.0 Å². The zero-order chi connectivity index (χ0) is 100. The summed E-state index contributed by atoms with van der Waals surface area (Å²) in [6.07, 6.45) is 0. The fourth-order valence-electron chi connectivity index (χ4n) is 16.9. The molecule has 0 saturated carbocycles. The minimum absolute atomic E-state index is 0.0801. The molecule has 0 aromatic heterocycles. The number of aromatic hydroxyl groups is 2. The number of para-hydroxylation sites is 2. The van der Waals surface area contributed by atoms with Crippen molar-refractivity contribution in [1.82, 2.24) is 0 Å². The fourth-order valence-corrected chi connectivity index (χ4v) is 32.5. The molecule has 0 heterocycles. The molecule has 0 aliphatic heterocycles. The lowest BCUT2D eigenvalue weighted by Crippen LogP contribution is -2.24. The summed E-state index contributed by atoms with van der Waals surface area (Å²) in [4.78, 5) is 24.4. The molecule has 21 aromatic carbocycles. The van der Waals surface area contributed by atoms with Crippen molar-refractivity contribution in [2.24, 2.45) is 0 Å². The average molecular weight is 2030 g/mol. The largest absolute Gasteiger partial charge is 0.507 e. The second-order valence-corrected chi connectivity index (χ2v) is 47.7. The van der Waals surface area contributed by atoms with Crippen molar-refractivity contribution in [2.45, 2.75) is 9.79 Å². The van der Waals surface area contributed by atoms with E-state index in [0.29, 0.717) is 28.2 Å². The van der Waals surface area contributed by atoms with Crippen LogP contribution in [0, 0.1) is 0 Å². The Morgan fingerprint density at radius 2 is 0.366 bits per heavy atom. The number of carboxylic acid groups (broad SMARTS) is 2. The predicted molar refractivity (Wildman–Crippen MR) is 622 cm³/mol. The van der Waals surface area contributed by atoms with Crippen LogP contribution in [0.2, 0.25) is 0 Å². The van der Waals surface area contributed by atoms with E-state index in [1.165, 1.54) is 69.7 Å². The molecule has 0 amide bonds. The van der Waals surface area contributed by atoms with Crippen molar-refractivity contribution in [3.63, 3.8) is 0 Å². The molecule has 0 aliphatic carbocycles. The number of carboxylic acids is 2. The van der Waals surface area contributed by atoms with E-state index in [4.69, 9.17) is 0 Å². The zero-order valence-corrected chi connectivity index (χ0v) is 85.9. The smallest absolute Gasteiger partial charge is 0.336 e. The number of carbonyl (C=O) groups is 2. The van der Waals surface area contributed by atoms with Crippen LogP contribution in [0.15, 0.2) is 592 Å². The Kier molecular flexibility index (Phi) is 37.1. The lowest BCUT2D eigenvalue weighted by molar-refractivity contribution is 0.0687. The van der Waals surface area contributed by atoms with Crippen LogP contribution in [0.5, 0.6) is 11.5 Å². The molecule has 5 N–H and O–H groups in total. The van der Waals surface area contributed by atoms with Gasteiger partial charge in [-0.05, 0) is 196 Å². The summed E-state index contributed by atoms with van der Waals surface area (Å²) in [5.74, 6) is -1.11. The molecule has 17 heteroatoms. The van der Waals surface area contributed by atoms with E-state index in [1.807, 2.05) is 237 Å². The first-order chi connectivity index (χ1) is 71.1. The quantitative estimate of drug-likeness (QED) is 0.0196.